The van der Waals surface area contributed by atoms with Crippen LogP contribution in [0.2, 0.25) is 0 Å². The van der Waals surface area contributed by atoms with Gasteiger partial charge in [0.2, 0.25) is 0 Å². The molecule has 1 aromatic heterocycles. The fourth-order valence-electron chi connectivity index (χ4n) is 1.78. The van der Waals surface area contributed by atoms with E-state index < -0.39 is 26.6 Å². The molecule has 20 heavy (non-hydrogen) atoms. The minimum Gasteiger partial charge on any atom is -0.478 e. The molecule has 1 aliphatic heterocycles. The molecule has 2 rings (SSSR count). The number of nitrogens with zero attached hydrogens (tertiary/aromatic N) is 1. The zero-order chi connectivity index (χ0) is 15.1. The molecular weight excluding hydrogens is 302 g/mol. The molecular formula is C12H13NO5S2. The summed E-state index contributed by atoms with van der Waals surface area (Å²) >= 11 is 1.25. The van der Waals surface area contributed by atoms with E-state index in [1.54, 1.807) is 12.1 Å². The minimum absolute atomic E-state index is 0.00379. The fourth-order valence-corrected chi connectivity index (χ4v) is 4.27. The van der Waals surface area contributed by atoms with Crippen LogP contribution in [0.1, 0.15) is 23.6 Å². The molecule has 1 saturated heterocycles. The Morgan fingerprint density at radius 2 is 2.10 bits per heavy atom. The second-order valence-corrected chi connectivity index (χ2v) is 8.41. The van der Waals surface area contributed by atoms with Crippen molar-refractivity contribution in [2.75, 3.05) is 0 Å². The highest BCUT2D eigenvalue weighted by atomic mass is 32.2. The summed E-state index contributed by atoms with van der Waals surface area (Å²) in [6, 6.07) is 3.36. The van der Waals surface area contributed by atoms with Gasteiger partial charge in [-0.25, -0.2) is 17.5 Å². The van der Waals surface area contributed by atoms with E-state index in [1.807, 2.05) is 0 Å². The van der Waals surface area contributed by atoms with Crippen LogP contribution < -0.4 is 0 Å². The highest BCUT2D eigenvalue weighted by Crippen LogP contribution is 2.36. The van der Waals surface area contributed by atoms with Crippen molar-refractivity contribution >= 4 is 39.3 Å². The first-order valence-corrected chi connectivity index (χ1v) is 7.98. The molecule has 0 spiro atoms. The molecule has 0 saturated carbocycles. The smallest absolute Gasteiger partial charge is 0.328 e. The zero-order valence-electron chi connectivity index (χ0n) is 10.9. The molecule has 0 radical (unpaired) electrons. The Balaban J connectivity index is 2.13. The van der Waals surface area contributed by atoms with Crippen LogP contribution in [0.5, 0.6) is 0 Å². The number of carboxylic acid groups (broad SMARTS) is 1. The highest BCUT2D eigenvalue weighted by molar-refractivity contribution is 7.94. The molecule has 0 aromatic carbocycles. The minimum atomic E-state index is -3.59. The fraction of sp³-hybridized carbons (Fsp3) is 0.333. The number of rotatable bonds is 4. The molecule has 2 heterocycles. The standard InChI is InChI=1S/C12H13NO5S2/c1-12(2)11(16)13(20(12,17)18)7-9-4-3-8(19-9)5-6-10(14)15/h3-6H,7H2,1-2H3,(H,14,15)/b6-5+. The molecule has 108 valence electrons. The van der Waals surface area contributed by atoms with Gasteiger partial charge in [-0.1, -0.05) is 0 Å². The van der Waals surface area contributed by atoms with Crippen LogP contribution in [0.25, 0.3) is 6.08 Å². The molecule has 0 aliphatic carbocycles. The first-order chi connectivity index (χ1) is 9.16. The van der Waals surface area contributed by atoms with Gasteiger partial charge in [0.05, 0.1) is 6.54 Å². The van der Waals surface area contributed by atoms with Crippen LogP contribution in [0.3, 0.4) is 0 Å². The third-order valence-corrected chi connectivity index (χ3v) is 6.42. The van der Waals surface area contributed by atoms with Crippen LogP contribution in [0.15, 0.2) is 18.2 Å². The van der Waals surface area contributed by atoms with Crippen molar-refractivity contribution in [2.45, 2.75) is 25.1 Å². The number of carbonyl (C=O) groups excluding carboxylic acids is 1. The lowest BCUT2D eigenvalue weighted by molar-refractivity contribution is -0.133. The SMILES string of the molecule is CC1(C)C(=O)N(Cc2ccc(/C=C/C(=O)O)s2)S1(=O)=O. The molecule has 1 amide bonds. The molecule has 1 aliphatic rings. The predicted molar refractivity (Wildman–Crippen MR) is 74.5 cm³/mol. The van der Waals surface area contributed by atoms with E-state index in [0.29, 0.717) is 9.75 Å². The van der Waals surface area contributed by atoms with E-state index in [1.165, 1.54) is 31.3 Å². The predicted octanol–water partition coefficient (Wildman–Crippen LogP) is 1.30. The van der Waals surface area contributed by atoms with E-state index in [9.17, 15) is 18.0 Å². The van der Waals surface area contributed by atoms with Gasteiger partial charge in [0.1, 0.15) is 0 Å². The summed E-state index contributed by atoms with van der Waals surface area (Å²) in [6.07, 6.45) is 2.43. The topological polar surface area (TPSA) is 91.8 Å². The number of carbonyl (C=O) groups is 2. The number of thiophene rings is 1. The number of hydrogen-bond donors (Lipinski definition) is 1. The summed E-state index contributed by atoms with van der Waals surface area (Å²) in [5, 5.41) is 8.52. The first-order valence-electron chi connectivity index (χ1n) is 5.72. The summed E-state index contributed by atoms with van der Waals surface area (Å²) in [6.45, 7) is 2.77. The van der Waals surface area contributed by atoms with Gasteiger partial charge in [0, 0.05) is 15.8 Å². The summed E-state index contributed by atoms with van der Waals surface area (Å²) in [5.41, 5.74) is 0. The van der Waals surface area contributed by atoms with Crippen molar-refractivity contribution in [1.82, 2.24) is 4.31 Å². The second kappa shape index (κ2) is 4.71. The lowest BCUT2D eigenvalue weighted by Crippen LogP contribution is -2.66. The monoisotopic (exact) mass is 315 g/mol. The number of amides is 1. The first kappa shape index (κ1) is 14.7. The second-order valence-electron chi connectivity index (χ2n) is 4.80. The van der Waals surface area contributed by atoms with Gasteiger partial charge in [0.15, 0.2) is 4.75 Å². The van der Waals surface area contributed by atoms with Crippen LogP contribution in [0, 0.1) is 0 Å². The summed E-state index contributed by atoms with van der Waals surface area (Å²) in [5.74, 6) is -1.48. The largest absolute Gasteiger partial charge is 0.478 e. The Morgan fingerprint density at radius 1 is 1.45 bits per heavy atom. The van der Waals surface area contributed by atoms with Crippen molar-refractivity contribution in [2.24, 2.45) is 0 Å². The van der Waals surface area contributed by atoms with E-state index in [-0.39, 0.29) is 6.54 Å². The Labute approximate surface area is 120 Å². The van der Waals surface area contributed by atoms with E-state index in [0.717, 1.165) is 10.4 Å². The lowest BCUT2D eigenvalue weighted by atomic mass is 10.2. The van der Waals surface area contributed by atoms with E-state index in [2.05, 4.69) is 0 Å². The summed E-state index contributed by atoms with van der Waals surface area (Å²) < 4.78 is 23.4. The van der Waals surface area contributed by atoms with Gasteiger partial charge in [0.25, 0.3) is 15.9 Å². The molecule has 0 unspecified atom stereocenters. The quantitative estimate of drug-likeness (QED) is 0.845. The molecule has 1 aromatic rings. The van der Waals surface area contributed by atoms with Crippen LogP contribution in [0.4, 0.5) is 0 Å². The normalized spacial score (nSPS) is 20.1. The van der Waals surface area contributed by atoms with Gasteiger partial charge in [-0.3, -0.25) is 4.79 Å². The maximum atomic E-state index is 11.9. The van der Waals surface area contributed by atoms with Gasteiger partial charge in [-0.2, -0.15) is 0 Å². The zero-order valence-corrected chi connectivity index (χ0v) is 12.5. The van der Waals surface area contributed by atoms with Crippen molar-refractivity contribution in [1.29, 1.82) is 0 Å². The molecule has 1 N–H and O–H groups in total. The van der Waals surface area contributed by atoms with Gasteiger partial charge < -0.3 is 5.11 Å². The Morgan fingerprint density at radius 3 is 2.65 bits per heavy atom. The third-order valence-electron chi connectivity index (χ3n) is 3.05. The average Bonchev–Trinajstić information content (AvgIpc) is 2.80. The summed E-state index contributed by atoms with van der Waals surface area (Å²) in [7, 11) is -3.59. The number of aliphatic carboxylic acids is 1. The van der Waals surface area contributed by atoms with Crippen LogP contribution in [-0.2, 0) is 26.2 Å². The van der Waals surface area contributed by atoms with Crippen molar-refractivity contribution in [3.63, 3.8) is 0 Å². The van der Waals surface area contributed by atoms with Crippen molar-refractivity contribution < 1.29 is 23.1 Å². The van der Waals surface area contributed by atoms with Crippen LogP contribution >= 0.6 is 11.3 Å². The van der Waals surface area contributed by atoms with Crippen LogP contribution in [-0.4, -0.2) is 34.5 Å². The van der Waals surface area contributed by atoms with Gasteiger partial charge in [-0.05, 0) is 32.1 Å². The number of hydrogen-bond acceptors (Lipinski definition) is 5. The molecule has 0 atom stereocenters. The van der Waals surface area contributed by atoms with Gasteiger partial charge >= 0.3 is 5.97 Å². The number of carboxylic acids is 1. The van der Waals surface area contributed by atoms with E-state index in [4.69, 9.17) is 5.11 Å². The molecule has 6 nitrogen and oxygen atoms in total. The molecule has 0 bridgehead atoms. The highest BCUT2D eigenvalue weighted by Gasteiger charge is 2.59. The Bertz CT molecular complexity index is 699. The number of sulfonamides is 1. The molecule has 1 fully saturated rings. The maximum absolute atomic E-state index is 11.9. The Hall–Kier alpha value is -1.67. The van der Waals surface area contributed by atoms with E-state index >= 15 is 0 Å². The molecule has 8 heteroatoms. The average molecular weight is 315 g/mol. The van der Waals surface area contributed by atoms with Crippen molar-refractivity contribution in [3.8, 4) is 0 Å². The lowest BCUT2D eigenvalue weighted by Gasteiger charge is -2.42. The van der Waals surface area contributed by atoms with Gasteiger partial charge in [-0.15, -0.1) is 11.3 Å². The third kappa shape index (κ3) is 2.25. The van der Waals surface area contributed by atoms with Crippen molar-refractivity contribution in [3.05, 3.63) is 28.0 Å². The maximum Gasteiger partial charge on any atom is 0.328 e. The Kier molecular flexibility index (Phi) is 3.47. The summed E-state index contributed by atoms with van der Waals surface area (Å²) in [4.78, 5) is 23.6.